The predicted molar refractivity (Wildman–Crippen MR) is 58.4 cm³/mol. The quantitative estimate of drug-likeness (QED) is 0.649. The Kier molecular flexibility index (Phi) is 4.30. The lowest BCUT2D eigenvalue weighted by Gasteiger charge is -2.04. The van der Waals surface area contributed by atoms with Crippen LogP contribution >= 0.6 is 0 Å². The average Bonchev–Trinajstić information content (AvgIpc) is 2.19. The molecule has 0 saturated carbocycles. The molecule has 1 aromatic carbocycles. The molecule has 76 valence electrons. The molecule has 0 aliphatic heterocycles. The number of rotatable bonds is 4. The monoisotopic (exact) mass is 193 g/mol. The van der Waals surface area contributed by atoms with Crippen molar-refractivity contribution in [3.8, 4) is 0 Å². The van der Waals surface area contributed by atoms with Crippen molar-refractivity contribution in [2.24, 2.45) is 4.99 Å². The molecule has 0 aliphatic rings. The van der Waals surface area contributed by atoms with Crippen molar-refractivity contribution in [2.75, 3.05) is 6.54 Å². The van der Waals surface area contributed by atoms with Crippen LogP contribution in [0.5, 0.6) is 0 Å². The summed E-state index contributed by atoms with van der Waals surface area (Å²) in [4.78, 5) is 4.41. The summed E-state index contributed by atoms with van der Waals surface area (Å²) in [5, 5.41) is 0. The maximum Gasteiger partial charge on any atom is 0.123 e. The van der Waals surface area contributed by atoms with Gasteiger partial charge in [-0.3, -0.25) is 4.99 Å². The van der Waals surface area contributed by atoms with Gasteiger partial charge in [-0.2, -0.15) is 0 Å². The van der Waals surface area contributed by atoms with Crippen molar-refractivity contribution >= 4 is 5.71 Å². The van der Waals surface area contributed by atoms with E-state index in [1.54, 1.807) is 12.1 Å². The molecule has 0 bridgehead atoms. The van der Waals surface area contributed by atoms with E-state index in [1.165, 1.54) is 12.1 Å². The largest absolute Gasteiger partial charge is 0.289 e. The fraction of sp³-hybridized carbons (Fsp3) is 0.417. The smallest absolute Gasteiger partial charge is 0.123 e. The Morgan fingerprint density at radius 2 is 1.86 bits per heavy atom. The lowest BCUT2D eigenvalue weighted by atomic mass is 10.1. The van der Waals surface area contributed by atoms with Crippen molar-refractivity contribution in [1.29, 1.82) is 0 Å². The fourth-order valence-electron chi connectivity index (χ4n) is 1.38. The highest BCUT2D eigenvalue weighted by Gasteiger charge is 2.01. The van der Waals surface area contributed by atoms with Gasteiger partial charge in [0.05, 0.1) is 0 Å². The van der Waals surface area contributed by atoms with E-state index < -0.39 is 0 Å². The van der Waals surface area contributed by atoms with Gasteiger partial charge in [-0.1, -0.05) is 25.5 Å². The molecule has 0 aromatic heterocycles. The Bertz CT molecular complexity index is 301. The zero-order valence-electron chi connectivity index (χ0n) is 8.76. The zero-order chi connectivity index (χ0) is 10.4. The number of hydrogen-bond acceptors (Lipinski definition) is 1. The highest BCUT2D eigenvalue weighted by atomic mass is 19.1. The highest BCUT2D eigenvalue weighted by Crippen LogP contribution is 2.08. The Hall–Kier alpha value is -1.18. The highest BCUT2D eigenvalue weighted by molar-refractivity contribution is 6.00. The fourth-order valence-corrected chi connectivity index (χ4v) is 1.38. The molecule has 1 nitrogen and oxygen atoms in total. The second-order valence-electron chi connectivity index (χ2n) is 3.18. The molecule has 0 saturated heterocycles. The molecule has 0 unspecified atom stereocenters. The minimum Gasteiger partial charge on any atom is -0.289 e. The summed E-state index contributed by atoms with van der Waals surface area (Å²) in [6.45, 7) is 4.92. The zero-order valence-corrected chi connectivity index (χ0v) is 8.76. The first-order valence-electron chi connectivity index (χ1n) is 5.07. The molecule has 0 amide bonds. The molecule has 2 heteroatoms. The third-order valence-corrected chi connectivity index (χ3v) is 2.01. The van der Waals surface area contributed by atoms with Crippen LogP contribution in [0.1, 0.15) is 32.3 Å². The lowest BCUT2D eigenvalue weighted by Crippen LogP contribution is -2.01. The maximum absolute atomic E-state index is 12.7. The molecule has 0 spiro atoms. The Morgan fingerprint density at radius 1 is 1.21 bits per heavy atom. The molecule has 14 heavy (non-hydrogen) atoms. The second-order valence-corrected chi connectivity index (χ2v) is 3.18. The minimum atomic E-state index is -0.193. The third kappa shape index (κ3) is 2.95. The molecular formula is C12H16FN. The van der Waals surface area contributed by atoms with Gasteiger partial charge in [0.2, 0.25) is 0 Å². The van der Waals surface area contributed by atoms with Gasteiger partial charge in [0.1, 0.15) is 5.82 Å². The van der Waals surface area contributed by atoms with E-state index in [1.807, 2.05) is 6.92 Å². The predicted octanol–water partition coefficient (Wildman–Crippen LogP) is 3.43. The van der Waals surface area contributed by atoms with Crippen LogP contribution in [0, 0.1) is 5.82 Å². The summed E-state index contributed by atoms with van der Waals surface area (Å²) in [6, 6.07) is 6.55. The van der Waals surface area contributed by atoms with Crippen LogP contribution in [0.2, 0.25) is 0 Å². The Labute approximate surface area is 84.7 Å². The van der Waals surface area contributed by atoms with Gasteiger partial charge < -0.3 is 0 Å². The van der Waals surface area contributed by atoms with Gasteiger partial charge in [-0.15, -0.1) is 0 Å². The minimum absolute atomic E-state index is 0.193. The molecule has 0 heterocycles. The average molecular weight is 193 g/mol. The van der Waals surface area contributed by atoms with E-state index in [0.717, 1.165) is 30.7 Å². The van der Waals surface area contributed by atoms with Crippen LogP contribution in [0.4, 0.5) is 4.39 Å². The summed E-state index contributed by atoms with van der Waals surface area (Å²) in [7, 11) is 0. The number of nitrogens with zero attached hydrogens (tertiary/aromatic N) is 1. The number of benzene rings is 1. The van der Waals surface area contributed by atoms with Crippen LogP contribution in [0.15, 0.2) is 29.3 Å². The van der Waals surface area contributed by atoms with E-state index in [-0.39, 0.29) is 5.82 Å². The van der Waals surface area contributed by atoms with Gasteiger partial charge in [-0.05, 0) is 31.0 Å². The van der Waals surface area contributed by atoms with Crippen LogP contribution in [-0.2, 0) is 0 Å². The Balaban J connectivity index is 2.88. The third-order valence-electron chi connectivity index (χ3n) is 2.01. The van der Waals surface area contributed by atoms with E-state index in [9.17, 15) is 4.39 Å². The SMILES string of the molecule is CCCC(=NCC)c1ccc(F)cc1. The van der Waals surface area contributed by atoms with Crippen molar-refractivity contribution < 1.29 is 4.39 Å². The maximum atomic E-state index is 12.7. The molecule has 0 N–H and O–H groups in total. The first-order valence-corrected chi connectivity index (χ1v) is 5.07. The summed E-state index contributed by atoms with van der Waals surface area (Å²) in [6.07, 6.45) is 2.02. The normalized spacial score (nSPS) is 11.8. The molecule has 1 rings (SSSR count). The van der Waals surface area contributed by atoms with E-state index in [0.29, 0.717) is 0 Å². The molecular weight excluding hydrogens is 177 g/mol. The van der Waals surface area contributed by atoms with Crippen LogP contribution in [0.3, 0.4) is 0 Å². The summed E-state index contributed by atoms with van der Waals surface area (Å²) in [5.74, 6) is -0.193. The van der Waals surface area contributed by atoms with Crippen LogP contribution in [-0.4, -0.2) is 12.3 Å². The van der Waals surface area contributed by atoms with Gasteiger partial charge >= 0.3 is 0 Å². The molecule has 0 radical (unpaired) electrons. The van der Waals surface area contributed by atoms with Crippen molar-refractivity contribution in [3.05, 3.63) is 35.6 Å². The van der Waals surface area contributed by atoms with E-state index in [2.05, 4.69) is 11.9 Å². The van der Waals surface area contributed by atoms with Crippen molar-refractivity contribution in [2.45, 2.75) is 26.7 Å². The summed E-state index contributed by atoms with van der Waals surface area (Å²) in [5.41, 5.74) is 2.12. The topological polar surface area (TPSA) is 12.4 Å². The first kappa shape index (κ1) is 10.9. The number of hydrogen-bond donors (Lipinski definition) is 0. The lowest BCUT2D eigenvalue weighted by molar-refractivity contribution is 0.627. The van der Waals surface area contributed by atoms with E-state index >= 15 is 0 Å². The second kappa shape index (κ2) is 5.53. The standard InChI is InChI=1S/C12H16FN/c1-3-5-12(14-4-2)10-6-8-11(13)9-7-10/h6-9H,3-5H2,1-2H3. The molecule has 0 aliphatic carbocycles. The number of aliphatic imine (C=N–C) groups is 1. The van der Waals surface area contributed by atoms with Crippen molar-refractivity contribution in [1.82, 2.24) is 0 Å². The van der Waals surface area contributed by atoms with Crippen LogP contribution < -0.4 is 0 Å². The van der Waals surface area contributed by atoms with E-state index in [4.69, 9.17) is 0 Å². The van der Waals surface area contributed by atoms with Gasteiger partial charge in [-0.25, -0.2) is 4.39 Å². The molecule has 1 aromatic rings. The molecule has 0 atom stereocenters. The summed E-state index contributed by atoms with van der Waals surface area (Å²) >= 11 is 0. The van der Waals surface area contributed by atoms with Gasteiger partial charge in [0, 0.05) is 12.3 Å². The van der Waals surface area contributed by atoms with Crippen LogP contribution in [0.25, 0.3) is 0 Å². The van der Waals surface area contributed by atoms with Gasteiger partial charge in [0.15, 0.2) is 0 Å². The Morgan fingerprint density at radius 3 is 2.36 bits per heavy atom. The van der Waals surface area contributed by atoms with Gasteiger partial charge in [0.25, 0.3) is 0 Å². The molecule has 0 fully saturated rings. The number of halogens is 1. The first-order chi connectivity index (χ1) is 6.77. The summed E-state index contributed by atoms with van der Waals surface area (Å²) < 4.78 is 12.7. The van der Waals surface area contributed by atoms with Crippen molar-refractivity contribution in [3.63, 3.8) is 0 Å².